The number of nitrogens with one attached hydrogen (secondary N) is 2. The highest BCUT2D eigenvalue weighted by molar-refractivity contribution is 5.95. The molecule has 0 saturated carbocycles. The zero-order chi connectivity index (χ0) is 18.5. The van der Waals surface area contributed by atoms with Gasteiger partial charge in [0.2, 0.25) is 6.10 Å². The van der Waals surface area contributed by atoms with E-state index in [9.17, 15) is 18.4 Å². The highest BCUT2D eigenvalue weighted by atomic mass is 19.3. The molecule has 2 N–H and O–H groups in total. The summed E-state index contributed by atoms with van der Waals surface area (Å²) in [5.74, 6) is -0.330. The topological polar surface area (TPSA) is 85.9 Å². The molecule has 0 radical (unpaired) electrons. The maximum absolute atomic E-state index is 12.1. The van der Waals surface area contributed by atoms with Crippen molar-refractivity contribution in [3.63, 3.8) is 0 Å². The van der Waals surface area contributed by atoms with Gasteiger partial charge in [0.1, 0.15) is 12.4 Å². The molecular formula is C17H14F2N2O5. The molecule has 7 nitrogen and oxygen atoms in total. The fourth-order valence-electron chi connectivity index (χ4n) is 2.21. The first-order valence-electron chi connectivity index (χ1n) is 7.56. The van der Waals surface area contributed by atoms with Crippen molar-refractivity contribution in [3.8, 4) is 17.2 Å². The Morgan fingerprint density at radius 3 is 2.42 bits per heavy atom. The summed E-state index contributed by atoms with van der Waals surface area (Å²) in [4.78, 5) is 24.1. The zero-order valence-electron chi connectivity index (χ0n) is 13.3. The van der Waals surface area contributed by atoms with E-state index in [4.69, 9.17) is 9.47 Å². The third-order valence-corrected chi connectivity index (χ3v) is 3.44. The molecule has 0 aromatic heterocycles. The Balaban J connectivity index is 1.52. The van der Waals surface area contributed by atoms with Crippen molar-refractivity contribution in [1.82, 2.24) is 10.9 Å². The summed E-state index contributed by atoms with van der Waals surface area (Å²) in [5.41, 5.74) is 4.60. The second-order valence-electron chi connectivity index (χ2n) is 5.21. The highest BCUT2D eigenvalue weighted by Gasteiger charge is 2.27. The van der Waals surface area contributed by atoms with Gasteiger partial charge >= 0.3 is 6.61 Å². The van der Waals surface area contributed by atoms with Gasteiger partial charge < -0.3 is 14.2 Å². The molecule has 2 amide bonds. The molecule has 26 heavy (non-hydrogen) atoms. The van der Waals surface area contributed by atoms with Gasteiger partial charge in [-0.2, -0.15) is 8.78 Å². The lowest BCUT2D eigenvalue weighted by atomic mass is 10.2. The van der Waals surface area contributed by atoms with Crippen molar-refractivity contribution in [1.29, 1.82) is 0 Å². The number of hydrogen-bond donors (Lipinski definition) is 2. The van der Waals surface area contributed by atoms with Crippen LogP contribution in [-0.4, -0.2) is 31.1 Å². The lowest BCUT2D eigenvalue weighted by Crippen LogP contribution is -2.50. The van der Waals surface area contributed by atoms with Crippen LogP contribution in [0.2, 0.25) is 0 Å². The minimum Gasteiger partial charge on any atom is -0.485 e. The maximum Gasteiger partial charge on any atom is 0.387 e. The first-order chi connectivity index (χ1) is 12.5. The Hall–Kier alpha value is -3.36. The molecule has 0 aliphatic carbocycles. The molecule has 1 unspecified atom stereocenters. The van der Waals surface area contributed by atoms with E-state index >= 15 is 0 Å². The number of hydrazine groups is 1. The van der Waals surface area contributed by atoms with Gasteiger partial charge in [-0.15, -0.1) is 0 Å². The molecule has 1 aliphatic heterocycles. The van der Waals surface area contributed by atoms with E-state index in [1.54, 1.807) is 24.3 Å². The van der Waals surface area contributed by atoms with Crippen LogP contribution >= 0.6 is 0 Å². The van der Waals surface area contributed by atoms with E-state index in [0.717, 1.165) is 0 Å². The summed E-state index contributed by atoms with van der Waals surface area (Å²) in [5, 5.41) is 0. The van der Waals surface area contributed by atoms with Crippen molar-refractivity contribution in [2.24, 2.45) is 0 Å². The van der Waals surface area contributed by atoms with Crippen LogP contribution in [0, 0.1) is 0 Å². The van der Waals surface area contributed by atoms with E-state index in [2.05, 4.69) is 15.6 Å². The molecular weight excluding hydrogens is 350 g/mol. The van der Waals surface area contributed by atoms with E-state index < -0.39 is 24.5 Å². The monoisotopic (exact) mass is 364 g/mol. The van der Waals surface area contributed by atoms with Crippen LogP contribution in [0.25, 0.3) is 0 Å². The number of para-hydroxylation sites is 2. The third kappa shape index (κ3) is 4.18. The maximum atomic E-state index is 12.1. The van der Waals surface area contributed by atoms with Gasteiger partial charge in [0.05, 0.1) is 0 Å². The van der Waals surface area contributed by atoms with Gasteiger partial charge in [-0.1, -0.05) is 12.1 Å². The Labute approximate surface area is 146 Å². The SMILES string of the molecule is O=C(NNC(=O)C1COc2ccccc2O1)c1ccc(OC(F)F)cc1. The first-order valence-corrected chi connectivity index (χ1v) is 7.56. The molecule has 0 bridgehead atoms. The van der Waals surface area contributed by atoms with Gasteiger partial charge in [-0.25, -0.2) is 0 Å². The summed E-state index contributed by atoms with van der Waals surface area (Å²) in [6.45, 7) is -2.95. The first kappa shape index (κ1) is 17.5. The summed E-state index contributed by atoms with van der Waals surface area (Å²) in [6, 6.07) is 11.9. The molecule has 2 aromatic carbocycles. The van der Waals surface area contributed by atoms with E-state index in [-0.39, 0.29) is 17.9 Å². The number of fused-ring (bicyclic) bond motifs is 1. The predicted octanol–water partition coefficient (Wildman–Crippen LogP) is 1.89. The molecule has 1 aliphatic rings. The van der Waals surface area contributed by atoms with Crippen molar-refractivity contribution >= 4 is 11.8 Å². The van der Waals surface area contributed by atoms with Crippen LogP contribution in [0.1, 0.15) is 10.4 Å². The molecule has 1 atom stereocenters. The van der Waals surface area contributed by atoms with Crippen LogP contribution in [0.4, 0.5) is 8.78 Å². The summed E-state index contributed by atoms with van der Waals surface area (Å²) < 4.78 is 39.3. The smallest absolute Gasteiger partial charge is 0.387 e. The minimum absolute atomic E-state index is 0.00161. The highest BCUT2D eigenvalue weighted by Crippen LogP contribution is 2.30. The number of halogens is 2. The van der Waals surface area contributed by atoms with Crippen molar-refractivity contribution < 1.29 is 32.6 Å². The number of benzene rings is 2. The Morgan fingerprint density at radius 2 is 1.73 bits per heavy atom. The molecule has 136 valence electrons. The average Bonchev–Trinajstić information content (AvgIpc) is 2.65. The summed E-state index contributed by atoms with van der Waals surface area (Å²) >= 11 is 0. The van der Waals surface area contributed by atoms with Crippen molar-refractivity contribution in [3.05, 3.63) is 54.1 Å². The fourth-order valence-corrected chi connectivity index (χ4v) is 2.21. The number of hydrogen-bond acceptors (Lipinski definition) is 5. The molecule has 0 fully saturated rings. The molecule has 0 spiro atoms. The van der Waals surface area contributed by atoms with Gasteiger partial charge in [0.15, 0.2) is 11.5 Å². The minimum atomic E-state index is -2.95. The number of carbonyl (C=O) groups is 2. The van der Waals surface area contributed by atoms with Crippen LogP contribution in [0.15, 0.2) is 48.5 Å². The summed E-state index contributed by atoms with van der Waals surface area (Å²) in [7, 11) is 0. The lowest BCUT2D eigenvalue weighted by molar-refractivity contribution is -0.131. The van der Waals surface area contributed by atoms with Gasteiger partial charge in [0, 0.05) is 5.56 Å². The van der Waals surface area contributed by atoms with Crippen LogP contribution in [-0.2, 0) is 4.79 Å². The Kier molecular flexibility index (Phi) is 5.16. The largest absolute Gasteiger partial charge is 0.485 e. The van der Waals surface area contributed by atoms with Crippen LogP contribution in [0.5, 0.6) is 17.2 Å². The van der Waals surface area contributed by atoms with Gasteiger partial charge in [-0.3, -0.25) is 20.4 Å². The molecule has 0 saturated heterocycles. The second kappa shape index (κ2) is 7.68. The van der Waals surface area contributed by atoms with Crippen LogP contribution in [0.3, 0.4) is 0 Å². The number of alkyl halides is 2. The van der Waals surface area contributed by atoms with E-state index in [1.807, 2.05) is 0 Å². The Morgan fingerprint density at radius 1 is 1.04 bits per heavy atom. The third-order valence-electron chi connectivity index (χ3n) is 3.44. The second-order valence-corrected chi connectivity index (χ2v) is 5.21. The normalized spacial score (nSPS) is 15.3. The number of carbonyl (C=O) groups excluding carboxylic acids is 2. The van der Waals surface area contributed by atoms with Crippen LogP contribution < -0.4 is 25.1 Å². The lowest BCUT2D eigenvalue weighted by Gasteiger charge is -2.25. The molecule has 3 rings (SSSR count). The summed E-state index contributed by atoms with van der Waals surface area (Å²) in [6.07, 6.45) is -0.924. The van der Waals surface area contributed by atoms with E-state index in [0.29, 0.717) is 11.5 Å². The zero-order valence-corrected chi connectivity index (χ0v) is 13.3. The van der Waals surface area contributed by atoms with E-state index in [1.165, 1.54) is 24.3 Å². The fraction of sp³-hybridized carbons (Fsp3) is 0.176. The predicted molar refractivity (Wildman–Crippen MR) is 85.0 cm³/mol. The molecule has 1 heterocycles. The average molecular weight is 364 g/mol. The quantitative estimate of drug-likeness (QED) is 0.810. The molecule has 2 aromatic rings. The van der Waals surface area contributed by atoms with Gasteiger partial charge in [0.25, 0.3) is 11.8 Å². The van der Waals surface area contributed by atoms with Gasteiger partial charge in [-0.05, 0) is 36.4 Å². The van der Waals surface area contributed by atoms with Crippen molar-refractivity contribution in [2.45, 2.75) is 12.7 Å². The number of ether oxygens (including phenoxy) is 3. The molecule has 9 heteroatoms. The standard InChI is InChI=1S/C17H14F2N2O5/c18-17(19)25-11-7-5-10(6-8-11)15(22)20-21-16(23)14-9-24-12-3-1-2-4-13(12)26-14/h1-8,14,17H,9H2,(H,20,22)(H,21,23). The number of rotatable bonds is 4. The van der Waals surface area contributed by atoms with Crippen molar-refractivity contribution in [2.75, 3.05) is 6.61 Å². The Bertz CT molecular complexity index is 798. The number of amides is 2.